The van der Waals surface area contributed by atoms with Crippen molar-refractivity contribution in [2.75, 3.05) is 26.6 Å². The van der Waals surface area contributed by atoms with Crippen LogP contribution < -0.4 is 19.7 Å². The normalized spacial score (nSPS) is 13.0. The Labute approximate surface area is 172 Å². The van der Waals surface area contributed by atoms with Gasteiger partial charge in [0.05, 0.1) is 21.3 Å². The number of ether oxygens (including phenoxy) is 2. The first-order valence-electron chi connectivity index (χ1n) is 9.77. The third kappa shape index (κ3) is 4.51. The zero-order chi connectivity index (χ0) is 21.0. The molecule has 2 atom stereocenters. The number of quaternary nitrogens is 1. The molecule has 5 nitrogen and oxygen atoms in total. The second-order valence-corrected chi connectivity index (χ2v) is 7.39. The summed E-state index contributed by atoms with van der Waals surface area (Å²) in [7, 11) is 5.30. The first-order chi connectivity index (χ1) is 13.9. The fourth-order valence-electron chi connectivity index (χ4n) is 3.47. The second kappa shape index (κ2) is 8.97. The molecule has 1 unspecified atom stereocenters. The highest BCUT2D eigenvalue weighted by Gasteiger charge is 2.23. The lowest BCUT2D eigenvalue weighted by molar-refractivity contribution is -0.907. The third-order valence-electron chi connectivity index (χ3n) is 5.49. The van der Waals surface area contributed by atoms with Gasteiger partial charge in [0.15, 0.2) is 17.5 Å². The van der Waals surface area contributed by atoms with Gasteiger partial charge in [0.25, 0.3) is 5.91 Å². The lowest BCUT2D eigenvalue weighted by atomic mass is 10.1. The van der Waals surface area contributed by atoms with Crippen LogP contribution in [0.25, 0.3) is 10.8 Å². The molecule has 0 saturated carbocycles. The first kappa shape index (κ1) is 20.7. The molecule has 5 heteroatoms. The lowest BCUT2D eigenvalue weighted by Gasteiger charge is -2.23. The van der Waals surface area contributed by atoms with E-state index in [-0.39, 0.29) is 11.9 Å². The molecule has 3 aromatic carbocycles. The Hall–Kier alpha value is -3.05. The van der Waals surface area contributed by atoms with E-state index in [9.17, 15) is 4.79 Å². The van der Waals surface area contributed by atoms with Crippen LogP contribution >= 0.6 is 0 Å². The maximum atomic E-state index is 12.9. The van der Waals surface area contributed by atoms with Gasteiger partial charge in [-0.1, -0.05) is 36.4 Å². The Morgan fingerprint density at radius 3 is 2.41 bits per heavy atom. The van der Waals surface area contributed by atoms with Crippen molar-refractivity contribution in [2.45, 2.75) is 26.4 Å². The molecule has 3 rings (SSSR count). The van der Waals surface area contributed by atoms with Crippen molar-refractivity contribution in [3.05, 3.63) is 65.7 Å². The van der Waals surface area contributed by atoms with E-state index in [1.807, 2.05) is 75.5 Å². The molecule has 0 aliphatic carbocycles. The number of hydrogen-bond acceptors (Lipinski definition) is 3. The average molecular weight is 394 g/mol. The molecule has 0 bridgehead atoms. The van der Waals surface area contributed by atoms with E-state index in [1.54, 1.807) is 14.2 Å². The number of hydrogen-bond donors (Lipinski definition) is 2. The Balaban J connectivity index is 1.74. The minimum Gasteiger partial charge on any atom is -0.493 e. The summed E-state index contributed by atoms with van der Waals surface area (Å²) in [6, 6.07) is 17.8. The zero-order valence-electron chi connectivity index (χ0n) is 17.7. The summed E-state index contributed by atoms with van der Waals surface area (Å²) in [5.74, 6) is 1.42. The van der Waals surface area contributed by atoms with Gasteiger partial charge in [0, 0.05) is 16.6 Å². The molecule has 0 radical (unpaired) electrons. The largest absolute Gasteiger partial charge is 0.493 e. The molecule has 2 N–H and O–H groups in total. The summed E-state index contributed by atoms with van der Waals surface area (Å²) in [6.07, 6.45) is 0. The maximum Gasteiger partial charge on any atom is 0.282 e. The molecular weight excluding hydrogens is 364 g/mol. The number of rotatable bonds is 7. The van der Waals surface area contributed by atoms with Crippen LogP contribution in [0.4, 0.5) is 5.69 Å². The topological polar surface area (TPSA) is 52.0 Å². The molecule has 1 amide bonds. The van der Waals surface area contributed by atoms with Crippen LogP contribution in [0.3, 0.4) is 0 Å². The van der Waals surface area contributed by atoms with Crippen molar-refractivity contribution in [3.63, 3.8) is 0 Å². The summed E-state index contributed by atoms with van der Waals surface area (Å²) in [6.45, 7) is 4.70. The van der Waals surface area contributed by atoms with Crippen molar-refractivity contribution in [2.24, 2.45) is 0 Å². The molecule has 0 aliphatic rings. The van der Waals surface area contributed by atoms with Gasteiger partial charge in [-0.3, -0.25) is 4.79 Å². The predicted molar refractivity (Wildman–Crippen MR) is 117 cm³/mol. The third-order valence-corrected chi connectivity index (χ3v) is 5.49. The van der Waals surface area contributed by atoms with Crippen LogP contribution in [0, 0.1) is 6.92 Å². The van der Waals surface area contributed by atoms with Gasteiger partial charge in [-0.25, -0.2) is 0 Å². The molecule has 3 aromatic rings. The van der Waals surface area contributed by atoms with Crippen molar-refractivity contribution in [1.29, 1.82) is 0 Å². The minimum absolute atomic E-state index is 0.00279. The Morgan fingerprint density at radius 1 is 1.03 bits per heavy atom. The zero-order valence-corrected chi connectivity index (χ0v) is 17.7. The number of amides is 1. The number of methoxy groups -OCH3 is 2. The van der Waals surface area contributed by atoms with Crippen LogP contribution in [0.2, 0.25) is 0 Å². The van der Waals surface area contributed by atoms with Crippen LogP contribution in [0.15, 0.2) is 54.6 Å². The van der Waals surface area contributed by atoms with E-state index in [4.69, 9.17) is 9.47 Å². The maximum absolute atomic E-state index is 12.9. The molecule has 0 spiro atoms. The number of carbonyl (C=O) groups excluding carboxylic acids is 1. The monoisotopic (exact) mass is 393 g/mol. The molecular formula is C24H29N2O3+. The van der Waals surface area contributed by atoms with E-state index < -0.39 is 0 Å². The Bertz CT molecular complexity index is 1010. The molecule has 0 saturated heterocycles. The summed E-state index contributed by atoms with van der Waals surface area (Å²) in [5, 5.41) is 5.26. The summed E-state index contributed by atoms with van der Waals surface area (Å²) < 4.78 is 10.8. The fourth-order valence-corrected chi connectivity index (χ4v) is 3.47. The Morgan fingerprint density at radius 2 is 1.69 bits per heavy atom. The van der Waals surface area contributed by atoms with E-state index in [0.29, 0.717) is 18.0 Å². The molecule has 0 fully saturated rings. The highest BCUT2D eigenvalue weighted by molar-refractivity contribution is 6.03. The highest BCUT2D eigenvalue weighted by atomic mass is 16.5. The van der Waals surface area contributed by atoms with Gasteiger partial charge < -0.3 is 19.7 Å². The fraction of sp³-hybridized carbons (Fsp3) is 0.292. The van der Waals surface area contributed by atoms with Gasteiger partial charge in [-0.05, 0) is 43.0 Å². The average Bonchev–Trinajstić information content (AvgIpc) is 2.74. The molecule has 0 aliphatic heterocycles. The second-order valence-electron chi connectivity index (χ2n) is 7.39. The van der Waals surface area contributed by atoms with Gasteiger partial charge in [0.1, 0.15) is 6.54 Å². The van der Waals surface area contributed by atoms with Crippen molar-refractivity contribution in [3.8, 4) is 11.5 Å². The number of aryl methyl sites for hydroxylation is 1. The minimum atomic E-state index is -0.221. The van der Waals surface area contributed by atoms with Gasteiger partial charge in [-0.2, -0.15) is 0 Å². The summed E-state index contributed by atoms with van der Waals surface area (Å²) in [4.78, 5) is 14.0. The number of anilines is 1. The van der Waals surface area contributed by atoms with Crippen LogP contribution in [0.1, 0.15) is 18.1 Å². The van der Waals surface area contributed by atoms with Gasteiger partial charge in [-0.15, -0.1) is 0 Å². The smallest absolute Gasteiger partial charge is 0.282 e. The highest BCUT2D eigenvalue weighted by Crippen LogP contribution is 2.30. The molecule has 0 aromatic heterocycles. The first-order valence-corrected chi connectivity index (χ1v) is 9.77. The quantitative estimate of drug-likeness (QED) is 0.648. The van der Waals surface area contributed by atoms with Crippen LogP contribution in [-0.4, -0.2) is 33.2 Å². The predicted octanol–water partition coefficient (Wildman–Crippen LogP) is 3.21. The number of benzene rings is 3. The molecule has 29 heavy (non-hydrogen) atoms. The van der Waals surface area contributed by atoms with Crippen molar-refractivity contribution < 1.29 is 19.2 Å². The van der Waals surface area contributed by atoms with E-state index in [2.05, 4.69) is 5.32 Å². The van der Waals surface area contributed by atoms with Crippen LogP contribution in [0.5, 0.6) is 11.5 Å². The van der Waals surface area contributed by atoms with Crippen molar-refractivity contribution >= 4 is 22.4 Å². The number of likely N-dealkylation sites (N-methyl/N-ethyl adjacent to an activating group) is 1. The molecule has 0 heterocycles. The summed E-state index contributed by atoms with van der Waals surface area (Å²) in [5.41, 5.74) is 3.09. The molecule has 152 valence electrons. The number of carbonyl (C=O) groups is 1. The SMILES string of the molecule is COc1cc(C)c(C[NH+](C)[C@@H](C)C(=O)Nc2cccc3ccccc23)cc1OC. The van der Waals surface area contributed by atoms with Gasteiger partial charge >= 0.3 is 0 Å². The van der Waals surface area contributed by atoms with E-state index in [0.717, 1.165) is 32.5 Å². The van der Waals surface area contributed by atoms with E-state index >= 15 is 0 Å². The van der Waals surface area contributed by atoms with Crippen molar-refractivity contribution in [1.82, 2.24) is 0 Å². The Kier molecular flexibility index (Phi) is 6.39. The summed E-state index contributed by atoms with van der Waals surface area (Å²) >= 11 is 0. The van der Waals surface area contributed by atoms with Crippen LogP contribution in [-0.2, 0) is 11.3 Å². The standard InChI is InChI=1S/C24H28N2O3/c1-16-13-22(28-4)23(29-5)14-19(16)15-26(3)17(2)24(27)25-21-12-8-10-18-9-6-7-11-20(18)21/h6-14,17H,15H2,1-5H3,(H,25,27)/p+1/t17-/m0/s1. The number of fused-ring (bicyclic) bond motifs is 1. The van der Waals surface area contributed by atoms with E-state index in [1.165, 1.54) is 0 Å². The van der Waals surface area contributed by atoms with Gasteiger partial charge in [0.2, 0.25) is 0 Å². The number of nitrogens with one attached hydrogen (secondary N) is 2. The lowest BCUT2D eigenvalue weighted by Crippen LogP contribution is -3.12.